The summed E-state index contributed by atoms with van der Waals surface area (Å²) < 4.78 is 7.98. The number of thiophene rings is 1. The van der Waals surface area contributed by atoms with Gasteiger partial charge in [0.15, 0.2) is 11.6 Å². The third kappa shape index (κ3) is 8.76. The second-order valence-electron chi connectivity index (χ2n) is 18.7. The Hall–Kier alpha value is -6.82. The summed E-state index contributed by atoms with van der Waals surface area (Å²) in [6.07, 6.45) is -1.09. The first-order valence-electron chi connectivity index (χ1n) is 22.4. The summed E-state index contributed by atoms with van der Waals surface area (Å²) in [7, 11) is 0. The fourth-order valence-electron chi connectivity index (χ4n) is 9.06. The topological polar surface area (TPSA) is 205 Å². The summed E-state index contributed by atoms with van der Waals surface area (Å²) in [6, 6.07) is 20.0. The lowest BCUT2D eigenvalue weighted by Crippen LogP contribution is -2.57. The second kappa shape index (κ2) is 18.0. The molecular formula is C51H52N8O7S2. The number of nitrogens with zero attached hydrogens (tertiary/aromatic N) is 6. The molecule has 7 aromatic rings. The first-order valence-corrected chi connectivity index (χ1v) is 24.1. The molecule has 3 aromatic carbocycles. The van der Waals surface area contributed by atoms with E-state index in [1.165, 1.54) is 4.90 Å². The van der Waals surface area contributed by atoms with E-state index < -0.39 is 53.3 Å². The minimum Gasteiger partial charge on any atom is -0.481 e. The molecule has 2 aliphatic heterocycles. The van der Waals surface area contributed by atoms with Crippen molar-refractivity contribution in [1.82, 2.24) is 35.3 Å². The number of aliphatic carboxylic acids is 1. The van der Waals surface area contributed by atoms with Gasteiger partial charge in [-0.25, -0.2) is 4.98 Å². The molecule has 0 aliphatic carbocycles. The maximum absolute atomic E-state index is 14.4. The van der Waals surface area contributed by atoms with Gasteiger partial charge in [-0.3, -0.25) is 28.7 Å². The van der Waals surface area contributed by atoms with Crippen LogP contribution in [-0.2, 0) is 14.4 Å². The highest BCUT2D eigenvalue weighted by atomic mass is 32.1. The number of hydrogen-bond donors (Lipinski definition) is 4. The van der Waals surface area contributed by atoms with E-state index in [2.05, 4.69) is 32.7 Å². The summed E-state index contributed by atoms with van der Waals surface area (Å²) in [5, 5.41) is 36.8. The zero-order valence-electron chi connectivity index (χ0n) is 38.9. The summed E-state index contributed by atoms with van der Waals surface area (Å²) in [4.78, 5) is 67.2. The van der Waals surface area contributed by atoms with Crippen molar-refractivity contribution in [2.24, 2.45) is 10.4 Å². The van der Waals surface area contributed by atoms with Crippen LogP contribution in [0.1, 0.15) is 108 Å². The predicted molar refractivity (Wildman–Crippen MR) is 261 cm³/mol. The highest BCUT2D eigenvalue weighted by Gasteiger charge is 2.45. The molecule has 350 valence electrons. The van der Waals surface area contributed by atoms with Crippen molar-refractivity contribution in [2.45, 2.75) is 98.5 Å². The first-order chi connectivity index (χ1) is 32.4. The number of hydrogen-bond acceptors (Lipinski definition) is 12. The van der Waals surface area contributed by atoms with Crippen LogP contribution in [0.4, 0.5) is 0 Å². The molecule has 4 aromatic heterocycles. The highest BCUT2D eigenvalue weighted by molar-refractivity contribution is 7.15. The van der Waals surface area contributed by atoms with Crippen LogP contribution in [0.25, 0.3) is 37.5 Å². The summed E-state index contributed by atoms with van der Waals surface area (Å²) in [5.41, 5.74) is 9.64. The molecule has 2 aliphatic rings. The second-order valence-corrected chi connectivity index (χ2v) is 20.8. The van der Waals surface area contributed by atoms with E-state index in [1.807, 2.05) is 119 Å². The smallest absolute Gasteiger partial charge is 0.306 e. The van der Waals surface area contributed by atoms with E-state index in [0.29, 0.717) is 28.3 Å². The van der Waals surface area contributed by atoms with Gasteiger partial charge in [0.05, 0.1) is 40.4 Å². The number of fused-ring (bicyclic) bond motifs is 4. The first kappa shape index (κ1) is 46.3. The molecule has 68 heavy (non-hydrogen) atoms. The normalized spacial score (nSPS) is 17.8. The molecule has 5 atom stereocenters. The molecule has 17 heteroatoms. The Morgan fingerprint density at radius 2 is 1.59 bits per heavy atom. The van der Waals surface area contributed by atoms with Gasteiger partial charge in [0, 0.05) is 34.4 Å². The number of rotatable bonds is 11. The van der Waals surface area contributed by atoms with Gasteiger partial charge in [0.1, 0.15) is 34.5 Å². The van der Waals surface area contributed by atoms with E-state index >= 15 is 0 Å². The summed E-state index contributed by atoms with van der Waals surface area (Å²) >= 11 is 3.17. The molecule has 0 saturated carbocycles. The Kier molecular flexibility index (Phi) is 12.3. The van der Waals surface area contributed by atoms with Crippen molar-refractivity contribution in [3.63, 3.8) is 0 Å². The van der Waals surface area contributed by atoms with E-state index in [-0.39, 0.29) is 31.2 Å². The Morgan fingerprint density at radius 3 is 2.26 bits per heavy atom. The molecule has 9 rings (SSSR count). The number of benzene rings is 3. The fraction of sp³-hybridized carbons (Fsp3) is 0.333. The molecule has 4 N–H and O–H groups in total. The van der Waals surface area contributed by atoms with Crippen LogP contribution >= 0.6 is 22.7 Å². The molecule has 1 saturated heterocycles. The van der Waals surface area contributed by atoms with Crippen LogP contribution in [0, 0.1) is 33.1 Å². The maximum atomic E-state index is 14.4. The number of thiazole rings is 1. The molecule has 3 amide bonds. The number of aliphatic imine (C=N–C) groups is 1. The molecule has 15 nitrogen and oxygen atoms in total. The standard InChI is InChI=1S/C51H52N8O7S2/c1-25-28(4)68-50-42(25)43(54-37(22-41(61)62)46-57-56-29(5)59(46)50)32-13-11-31(12-14-32)34-17-18-39-35(19-34)20-40(66-39)48(64)55-45(51(6,7)8)49(65)58-23-36(60)21-38(58)47(63)53-26(2)30-9-15-33(16-10-30)44-27(3)52-24-67-44/h9-20,24,26,36-38,45,60H,21-23H2,1-8H3,(H,53,63)(H,55,64)(H,61,62)/t26?,36-,37+,38+,45?/m1/s1. The van der Waals surface area contributed by atoms with Crippen molar-refractivity contribution in [3.05, 3.63) is 129 Å². The van der Waals surface area contributed by atoms with E-state index in [4.69, 9.17) is 9.41 Å². The number of aromatic nitrogens is 4. The zero-order valence-corrected chi connectivity index (χ0v) is 40.6. The van der Waals surface area contributed by atoms with Crippen molar-refractivity contribution in [3.8, 4) is 26.6 Å². The van der Waals surface area contributed by atoms with Crippen molar-refractivity contribution < 1.29 is 33.8 Å². The van der Waals surface area contributed by atoms with Crippen molar-refractivity contribution in [1.29, 1.82) is 0 Å². The van der Waals surface area contributed by atoms with Gasteiger partial charge in [-0.15, -0.1) is 32.9 Å². The number of aliphatic hydroxyl groups is 1. The monoisotopic (exact) mass is 952 g/mol. The number of furan rings is 1. The lowest BCUT2D eigenvalue weighted by atomic mass is 9.85. The highest BCUT2D eigenvalue weighted by Crippen LogP contribution is 2.40. The van der Waals surface area contributed by atoms with Gasteiger partial charge >= 0.3 is 5.97 Å². The Morgan fingerprint density at radius 1 is 0.897 bits per heavy atom. The number of likely N-dealkylation sites (tertiary alicyclic amines) is 1. The largest absolute Gasteiger partial charge is 0.481 e. The lowest BCUT2D eigenvalue weighted by Gasteiger charge is -2.35. The van der Waals surface area contributed by atoms with Crippen LogP contribution in [0.15, 0.2) is 87.7 Å². The number of carbonyl (C=O) groups is 4. The number of β-amino-alcohol motifs (C(OH)–C–C–N with tert-alkyl or cyclic N) is 1. The molecule has 1 fully saturated rings. The average Bonchev–Trinajstić information content (AvgIpc) is 4.14. The van der Waals surface area contributed by atoms with Crippen molar-refractivity contribution >= 4 is 63.0 Å². The van der Waals surface area contributed by atoms with Crippen LogP contribution in [0.5, 0.6) is 0 Å². The number of carbonyl (C=O) groups excluding carboxylic acids is 3. The van der Waals surface area contributed by atoms with Crippen LogP contribution in [0.2, 0.25) is 0 Å². The number of aliphatic hydroxyl groups excluding tert-OH is 1. The molecule has 0 spiro atoms. The van der Waals surface area contributed by atoms with Crippen molar-refractivity contribution in [2.75, 3.05) is 6.54 Å². The lowest BCUT2D eigenvalue weighted by molar-refractivity contribution is -0.142. The summed E-state index contributed by atoms with van der Waals surface area (Å²) in [6.45, 7) is 15.2. The minimum atomic E-state index is -1.06. The number of nitrogens with one attached hydrogen (secondary N) is 2. The van der Waals surface area contributed by atoms with Gasteiger partial charge in [0.25, 0.3) is 5.91 Å². The third-order valence-corrected chi connectivity index (χ3v) is 15.0. The van der Waals surface area contributed by atoms with E-state index in [1.54, 1.807) is 34.8 Å². The molecular weight excluding hydrogens is 901 g/mol. The van der Waals surface area contributed by atoms with Gasteiger partial charge < -0.3 is 30.2 Å². The van der Waals surface area contributed by atoms with Gasteiger partial charge in [0.2, 0.25) is 11.8 Å². The molecule has 6 heterocycles. The Bertz CT molecular complexity index is 3140. The predicted octanol–water partition coefficient (Wildman–Crippen LogP) is 8.45. The average molecular weight is 953 g/mol. The SMILES string of the molecule is Cc1ncsc1-c1ccc(C(C)NC(=O)[C@@H]2C[C@@H](O)CN2C(=O)C(NC(=O)c2cc3cc(-c4ccc(C5=N[C@@H](CC(=O)O)c6nnc(C)n6-c6sc(C)c(C)c65)cc4)ccc3o2)C(C)(C)C)cc1. The van der Waals surface area contributed by atoms with Crippen LogP contribution < -0.4 is 10.6 Å². The van der Waals surface area contributed by atoms with Crippen LogP contribution in [-0.4, -0.2) is 89.0 Å². The van der Waals surface area contributed by atoms with Gasteiger partial charge in [-0.2, -0.15) is 0 Å². The molecule has 0 bridgehead atoms. The van der Waals surface area contributed by atoms with Crippen LogP contribution in [0.3, 0.4) is 0 Å². The van der Waals surface area contributed by atoms with Gasteiger partial charge in [-0.1, -0.05) is 75.4 Å². The third-order valence-electron chi connectivity index (χ3n) is 12.9. The number of aryl methyl sites for hydroxylation is 3. The number of amides is 3. The minimum absolute atomic E-state index is 0.0144. The Labute approximate surface area is 401 Å². The zero-order chi connectivity index (χ0) is 48.3. The molecule has 2 unspecified atom stereocenters. The Balaban J connectivity index is 0.912. The van der Waals surface area contributed by atoms with E-state index in [9.17, 15) is 29.4 Å². The van der Waals surface area contributed by atoms with Gasteiger partial charge in [-0.05, 0) is 86.1 Å². The maximum Gasteiger partial charge on any atom is 0.306 e. The van der Waals surface area contributed by atoms with E-state index in [0.717, 1.165) is 59.4 Å². The summed E-state index contributed by atoms with van der Waals surface area (Å²) in [5.74, 6) is -1.28. The quantitative estimate of drug-likeness (QED) is 0.0974. The number of carboxylic acids is 1. The molecule has 0 radical (unpaired) electrons. The fourth-order valence-corrected chi connectivity index (χ4v) is 11.1. The number of carboxylic acid groups (broad SMARTS) is 1.